The Bertz CT molecular complexity index is 1170. The maximum atomic E-state index is 4.57. The van der Waals surface area contributed by atoms with E-state index in [2.05, 4.69) is 79.5 Å². The predicted octanol–water partition coefficient (Wildman–Crippen LogP) is 3.50. The van der Waals surface area contributed by atoms with Gasteiger partial charge in [-0.25, -0.2) is 14.5 Å². The van der Waals surface area contributed by atoms with Crippen molar-refractivity contribution >= 4 is 22.2 Å². The second-order valence-corrected chi connectivity index (χ2v) is 6.52. The van der Waals surface area contributed by atoms with Crippen molar-refractivity contribution in [3.05, 3.63) is 79.0 Å². The van der Waals surface area contributed by atoms with Crippen molar-refractivity contribution in [3.63, 3.8) is 0 Å². The van der Waals surface area contributed by atoms with Crippen LogP contribution in [0.25, 0.3) is 33.6 Å². The molecular formula is C21H18N5+. The first-order valence-electron chi connectivity index (χ1n) is 8.57. The van der Waals surface area contributed by atoms with Gasteiger partial charge in [0.2, 0.25) is 0 Å². The molecule has 0 spiro atoms. The summed E-state index contributed by atoms with van der Waals surface area (Å²) in [4.78, 5) is 9.13. The molecule has 0 aliphatic heterocycles. The molecule has 0 saturated heterocycles. The standard InChI is InChI=1S/C21H18N5/c1-15-13-25(20-18(15)8-4-10-22-20)16-6-3-7-17(12-16)26-14-24(2)19-9-5-11-23-21(19)26/h3-14H,1-2H3/q+1. The van der Waals surface area contributed by atoms with Gasteiger partial charge in [-0.1, -0.05) is 6.07 Å². The molecule has 4 aromatic heterocycles. The van der Waals surface area contributed by atoms with E-state index in [-0.39, 0.29) is 0 Å². The van der Waals surface area contributed by atoms with Crippen LogP contribution < -0.4 is 4.57 Å². The normalized spacial score (nSPS) is 11.5. The quantitative estimate of drug-likeness (QED) is 0.462. The van der Waals surface area contributed by atoms with Gasteiger partial charge >= 0.3 is 0 Å². The highest BCUT2D eigenvalue weighted by molar-refractivity contribution is 5.82. The smallest absolute Gasteiger partial charge is 0.273 e. The van der Waals surface area contributed by atoms with Crippen LogP contribution in [-0.4, -0.2) is 19.1 Å². The molecule has 0 bridgehead atoms. The number of rotatable bonds is 2. The molecular weight excluding hydrogens is 322 g/mol. The molecule has 0 aliphatic carbocycles. The number of pyridine rings is 2. The van der Waals surface area contributed by atoms with Crippen molar-refractivity contribution in [2.45, 2.75) is 6.92 Å². The van der Waals surface area contributed by atoms with Crippen LogP contribution in [0.15, 0.2) is 73.4 Å². The van der Waals surface area contributed by atoms with Gasteiger partial charge in [0.1, 0.15) is 11.3 Å². The minimum atomic E-state index is 0.943. The summed E-state index contributed by atoms with van der Waals surface area (Å²) in [5.74, 6) is 0. The minimum Gasteiger partial charge on any atom is -0.301 e. The molecule has 0 atom stereocenters. The van der Waals surface area contributed by atoms with E-state index in [1.807, 2.05) is 31.6 Å². The zero-order valence-electron chi connectivity index (χ0n) is 14.7. The van der Waals surface area contributed by atoms with Gasteiger partial charge in [0.05, 0.1) is 12.7 Å². The zero-order chi connectivity index (χ0) is 17.7. The fraction of sp³-hybridized carbons (Fsp3) is 0.0952. The third-order valence-corrected chi connectivity index (χ3v) is 4.81. The van der Waals surface area contributed by atoms with Crippen LogP contribution in [0.5, 0.6) is 0 Å². The molecule has 0 unspecified atom stereocenters. The number of aromatic nitrogens is 5. The lowest BCUT2D eigenvalue weighted by Gasteiger charge is -2.06. The first-order chi connectivity index (χ1) is 12.7. The molecule has 0 aliphatic rings. The SMILES string of the molecule is Cc1cn(-c2cccc(-n3c[n+](C)c4cccnc43)c2)c2ncccc12. The average Bonchev–Trinajstić information content (AvgIpc) is 3.20. The van der Waals surface area contributed by atoms with Crippen LogP contribution >= 0.6 is 0 Å². The molecule has 26 heavy (non-hydrogen) atoms. The predicted molar refractivity (Wildman–Crippen MR) is 102 cm³/mol. The van der Waals surface area contributed by atoms with Crippen LogP contribution in [0.3, 0.4) is 0 Å². The van der Waals surface area contributed by atoms with Gasteiger partial charge in [0.25, 0.3) is 12.0 Å². The minimum absolute atomic E-state index is 0.943. The van der Waals surface area contributed by atoms with Crippen molar-refractivity contribution in [1.82, 2.24) is 19.1 Å². The van der Waals surface area contributed by atoms with Crippen LogP contribution in [0.4, 0.5) is 0 Å². The van der Waals surface area contributed by atoms with Crippen LogP contribution in [0, 0.1) is 6.92 Å². The highest BCUT2D eigenvalue weighted by Crippen LogP contribution is 2.24. The molecule has 0 radical (unpaired) electrons. The fourth-order valence-corrected chi connectivity index (χ4v) is 3.54. The molecule has 5 aromatic rings. The van der Waals surface area contributed by atoms with E-state index in [4.69, 9.17) is 0 Å². The summed E-state index contributed by atoms with van der Waals surface area (Å²) in [6.45, 7) is 2.12. The Balaban J connectivity index is 1.72. The van der Waals surface area contributed by atoms with Crippen LogP contribution in [0.1, 0.15) is 5.56 Å². The highest BCUT2D eigenvalue weighted by Gasteiger charge is 2.17. The Morgan fingerprint density at radius 1 is 0.846 bits per heavy atom. The maximum Gasteiger partial charge on any atom is 0.273 e. The van der Waals surface area contributed by atoms with Crippen LogP contribution in [0.2, 0.25) is 0 Å². The van der Waals surface area contributed by atoms with Crippen molar-refractivity contribution < 1.29 is 4.57 Å². The fourth-order valence-electron chi connectivity index (χ4n) is 3.54. The summed E-state index contributed by atoms with van der Waals surface area (Å²) in [5.41, 5.74) is 6.39. The Morgan fingerprint density at radius 2 is 1.58 bits per heavy atom. The van der Waals surface area contributed by atoms with Gasteiger partial charge in [0, 0.05) is 30.0 Å². The number of aryl methyl sites for hydroxylation is 2. The van der Waals surface area contributed by atoms with E-state index in [1.54, 1.807) is 0 Å². The van der Waals surface area contributed by atoms with Crippen molar-refractivity contribution in [2.75, 3.05) is 0 Å². The Hall–Kier alpha value is -3.47. The van der Waals surface area contributed by atoms with Crippen molar-refractivity contribution in [3.8, 4) is 11.4 Å². The number of imidazole rings is 1. The summed E-state index contributed by atoms with van der Waals surface area (Å²) in [6.07, 6.45) is 7.87. The van der Waals surface area contributed by atoms with E-state index in [0.717, 1.165) is 28.2 Å². The molecule has 0 saturated carbocycles. The van der Waals surface area contributed by atoms with Gasteiger partial charge in [-0.3, -0.25) is 0 Å². The van der Waals surface area contributed by atoms with Gasteiger partial charge in [-0.15, -0.1) is 0 Å². The first kappa shape index (κ1) is 14.8. The first-order valence-corrected chi connectivity index (χ1v) is 8.57. The summed E-state index contributed by atoms with van der Waals surface area (Å²) < 4.78 is 6.35. The molecule has 0 amide bonds. The number of fused-ring (bicyclic) bond motifs is 2. The monoisotopic (exact) mass is 340 g/mol. The van der Waals surface area contributed by atoms with E-state index in [1.165, 1.54) is 10.9 Å². The van der Waals surface area contributed by atoms with Crippen molar-refractivity contribution in [1.29, 1.82) is 0 Å². The molecule has 4 heterocycles. The third kappa shape index (κ3) is 2.14. The molecule has 5 nitrogen and oxygen atoms in total. The number of benzene rings is 1. The summed E-state index contributed by atoms with van der Waals surface area (Å²) in [6, 6.07) is 16.6. The maximum absolute atomic E-state index is 4.57. The Kier molecular flexibility index (Phi) is 3.15. The lowest BCUT2D eigenvalue weighted by atomic mass is 10.2. The van der Waals surface area contributed by atoms with Gasteiger partial charge < -0.3 is 4.57 Å². The zero-order valence-corrected chi connectivity index (χ0v) is 14.7. The van der Waals surface area contributed by atoms with Crippen molar-refractivity contribution in [2.24, 2.45) is 7.05 Å². The molecule has 126 valence electrons. The number of hydrogen-bond donors (Lipinski definition) is 0. The summed E-state index contributed by atoms with van der Waals surface area (Å²) in [7, 11) is 2.04. The van der Waals surface area contributed by atoms with E-state index >= 15 is 0 Å². The Morgan fingerprint density at radius 3 is 2.42 bits per heavy atom. The van der Waals surface area contributed by atoms with Crippen LogP contribution in [-0.2, 0) is 7.05 Å². The lowest BCUT2D eigenvalue weighted by Crippen LogP contribution is -2.25. The third-order valence-electron chi connectivity index (χ3n) is 4.81. The molecule has 1 aromatic carbocycles. The molecule has 0 N–H and O–H groups in total. The second kappa shape index (κ2) is 5.52. The van der Waals surface area contributed by atoms with Gasteiger partial charge in [-0.2, -0.15) is 4.57 Å². The van der Waals surface area contributed by atoms with E-state index < -0.39 is 0 Å². The number of hydrogen-bond acceptors (Lipinski definition) is 2. The van der Waals surface area contributed by atoms with E-state index in [9.17, 15) is 0 Å². The Labute approximate surface area is 150 Å². The van der Waals surface area contributed by atoms with Gasteiger partial charge in [0.15, 0.2) is 5.52 Å². The second-order valence-electron chi connectivity index (χ2n) is 6.52. The lowest BCUT2D eigenvalue weighted by molar-refractivity contribution is -0.645. The molecule has 5 heteroatoms. The highest BCUT2D eigenvalue weighted by atomic mass is 15.2. The topological polar surface area (TPSA) is 39.5 Å². The summed E-state index contributed by atoms with van der Waals surface area (Å²) >= 11 is 0. The van der Waals surface area contributed by atoms with Gasteiger partial charge in [-0.05, 0) is 48.9 Å². The number of nitrogens with zero attached hydrogens (tertiary/aromatic N) is 5. The summed E-state index contributed by atoms with van der Waals surface area (Å²) in [5, 5.41) is 1.18. The van der Waals surface area contributed by atoms with E-state index in [0.29, 0.717) is 0 Å². The molecule has 5 rings (SSSR count). The molecule has 0 fully saturated rings. The average molecular weight is 340 g/mol. The largest absolute Gasteiger partial charge is 0.301 e.